The average molecular weight is 444 g/mol. The Hall–Kier alpha value is -2.90. The third-order valence-electron chi connectivity index (χ3n) is 5.38. The molecule has 162 valence electrons. The number of amides is 1. The number of benzene rings is 2. The lowest BCUT2D eigenvalue weighted by Crippen LogP contribution is -2.48. The van der Waals surface area contributed by atoms with Gasteiger partial charge in [0.1, 0.15) is 23.9 Å². The summed E-state index contributed by atoms with van der Waals surface area (Å²) in [7, 11) is 0. The van der Waals surface area contributed by atoms with Crippen molar-refractivity contribution >= 4 is 17.5 Å². The molecule has 0 N–H and O–H groups in total. The highest BCUT2D eigenvalue weighted by atomic mass is 35.5. The molecule has 0 saturated carbocycles. The van der Waals surface area contributed by atoms with Crippen molar-refractivity contribution in [2.45, 2.75) is 20.1 Å². The molecule has 2 heterocycles. The number of piperazine rings is 1. The minimum atomic E-state index is -0.348. The lowest BCUT2D eigenvalue weighted by atomic mass is 10.1. The molecule has 0 spiro atoms. The summed E-state index contributed by atoms with van der Waals surface area (Å²) in [5.74, 6) is 0.778. The Kier molecular flexibility index (Phi) is 6.53. The Balaban J connectivity index is 1.36. The molecule has 4 rings (SSSR count). The molecule has 0 bridgehead atoms. The normalized spacial score (nSPS) is 14.6. The maximum atomic E-state index is 13.2. The number of para-hydroxylation sites is 1. The van der Waals surface area contributed by atoms with Crippen LogP contribution in [0.4, 0.5) is 4.39 Å². The number of aromatic nitrogens is 1. The van der Waals surface area contributed by atoms with Gasteiger partial charge >= 0.3 is 0 Å². The largest absolute Gasteiger partial charge is 0.489 e. The molecule has 3 aromatic rings. The monoisotopic (exact) mass is 443 g/mol. The van der Waals surface area contributed by atoms with Gasteiger partial charge < -0.3 is 14.2 Å². The van der Waals surface area contributed by atoms with Gasteiger partial charge in [-0.05, 0) is 36.8 Å². The van der Waals surface area contributed by atoms with Crippen molar-refractivity contribution in [2.24, 2.45) is 0 Å². The average Bonchev–Trinajstić information content (AvgIpc) is 3.15. The molecule has 1 saturated heterocycles. The van der Waals surface area contributed by atoms with Gasteiger partial charge in [-0.1, -0.05) is 41.0 Å². The number of carbonyl (C=O) groups is 1. The van der Waals surface area contributed by atoms with Gasteiger partial charge in [0.15, 0.2) is 5.69 Å². The van der Waals surface area contributed by atoms with Gasteiger partial charge in [0.2, 0.25) is 0 Å². The maximum absolute atomic E-state index is 13.2. The molecule has 1 amide bonds. The first-order chi connectivity index (χ1) is 15.0. The number of halogens is 2. The van der Waals surface area contributed by atoms with Crippen molar-refractivity contribution in [3.63, 3.8) is 0 Å². The van der Waals surface area contributed by atoms with Crippen LogP contribution in [0.15, 0.2) is 53.1 Å². The van der Waals surface area contributed by atoms with Gasteiger partial charge in [0.05, 0.1) is 5.56 Å². The zero-order valence-electron chi connectivity index (χ0n) is 17.2. The summed E-state index contributed by atoms with van der Waals surface area (Å²) in [6, 6.07) is 13.8. The van der Waals surface area contributed by atoms with Crippen LogP contribution < -0.4 is 4.74 Å². The van der Waals surface area contributed by atoms with Gasteiger partial charge in [-0.25, -0.2) is 4.39 Å². The van der Waals surface area contributed by atoms with E-state index in [0.717, 1.165) is 11.3 Å². The van der Waals surface area contributed by atoms with Crippen molar-refractivity contribution in [1.29, 1.82) is 0 Å². The predicted molar refractivity (Wildman–Crippen MR) is 115 cm³/mol. The van der Waals surface area contributed by atoms with E-state index in [2.05, 4.69) is 10.1 Å². The van der Waals surface area contributed by atoms with E-state index >= 15 is 0 Å². The van der Waals surface area contributed by atoms with Crippen LogP contribution in [-0.4, -0.2) is 47.0 Å². The summed E-state index contributed by atoms with van der Waals surface area (Å²) < 4.78 is 24.3. The molecule has 8 heteroatoms. The molecule has 1 fully saturated rings. The van der Waals surface area contributed by atoms with Crippen molar-refractivity contribution in [3.8, 4) is 5.75 Å². The van der Waals surface area contributed by atoms with Gasteiger partial charge in [0, 0.05) is 37.7 Å². The standard InChI is InChI=1S/C23H23ClFN3O3/c1-16-20(15-30-19-5-3-2-4-6-19)22(26-31-16)23(29)28-11-9-27(10-12-28)14-17-7-8-18(25)13-21(17)24/h2-8,13H,9-12,14-15H2,1H3. The third kappa shape index (κ3) is 5.06. The zero-order chi connectivity index (χ0) is 21.8. The molecular formula is C23H23ClFN3O3. The first kappa shape index (κ1) is 21.3. The summed E-state index contributed by atoms with van der Waals surface area (Å²) >= 11 is 6.14. The minimum absolute atomic E-state index is 0.164. The van der Waals surface area contributed by atoms with Crippen LogP contribution >= 0.6 is 11.6 Å². The van der Waals surface area contributed by atoms with E-state index < -0.39 is 0 Å². The molecule has 2 aromatic carbocycles. The van der Waals surface area contributed by atoms with Crippen LogP contribution in [0.25, 0.3) is 0 Å². The fourth-order valence-corrected chi connectivity index (χ4v) is 3.78. The molecule has 6 nitrogen and oxygen atoms in total. The Bertz CT molecular complexity index is 1050. The van der Waals surface area contributed by atoms with Crippen LogP contribution in [0.2, 0.25) is 5.02 Å². The molecule has 31 heavy (non-hydrogen) atoms. The highest BCUT2D eigenvalue weighted by Crippen LogP contribution is 2.22. The summed E-state index contributed by atoms with van der Waals surface area (Å²) in [5.41, 5.74) is 1.83. The number of hydrogen-bond donors (Lipinski definition) is 0. The first-order valence-corrected chi connectivity index (χ1v) is 10.5. The second-order valence-electron chi connectivity index (χ2n) is 7.47. The van der Waals surface area contributed by atoms with E-state index in [0.29, 0.717) is 54.8 Å². The van der Waals surface area contributed by atoms with Crippen LogP contribution in [0.3, 0.4) is 0 Å². The fraction of sp³-hybridized carbons (Fsp3) is 0.304. The quantitative estimate of drug-likeness (QED) is 0.568. The third-order valence-corrected chi connectivity index (χ3v) is 5.73. The summed E-state index contributed by atoms with van der Waals surface area (Å²) in [6.45, 7) is 5.09. The number of hydrogen-bond acceptors (Lipinski definition) is 5. The lowest BCUT2D eigenvalue weighted by molar-refractivity contribution is 0.0616. The molecule has 1 aromatic heterocycles. The SMILES string of the molecule is Cc1onc(C(=O)N2CCN(Cc3ccc(F)cc3Cl)CC2)c1COc1ccccc1. The summed E-state index contributed by atoms with van der Waals surface area (Å²) in [4.78, 5) is 17.0. The van der Waals surface area contributed by atoms with E-state index in [1.54, 1.807) is 17.9 Å². The van der Waals surface area contributed by atoms with Gasteiger partial charge in [-0.2, -0.15) is 0 Å². The van der Waals surface area contributed by atoms with Crippen LogP contribution in [-0.2, 0) is 13.2 Å². The molecule has 0 aliphatic carbocycles. The number of aryl methyl sites for hydroxylation is 1. The van der Waals surface area contributed by atoms with Crippen LogP contribution in [0, 0.1) is 12.7 Å². The Labute approximate surface area is 185 Å². The van der Waals surface area contributed by atoms with E-state index in [1.165, 1.54) is 12.1 Å². The molecular weight excluding hydrogens is 421 g/mol. The van der Waals surface area contributed by atoms with Crippen LogP contribution in [0.1, 0.15) is 27.4 Å². The van der Waals surface area contributed by atoms with E-state index in [9.17, 15) is 9.18 Å². The van der Waals surface area contributed by atoms with Gasteiger partial charge in [-0.3, -0.25) is 9.69 Å². The Morgan fingerprint density at radius 2 is 1.90 bits per heavy atom. The van der Waals surface area contributed by atoms with Crippen molar-refractivity contribution in [1.82, 2.24) is 15.0 Å². The number of rotatable bonds is 6. The zero-order valence-corrected chi connectivity index (χ0v) is 17.9. The fourth-order valence-electron chi connectivity index (χ4n) is 3.55. The molecule has 0 radical (unpaired) electrons. The Morgan fingerprint density at radius 1 is 1.16 bits per heavy atom. The van der Waals surface area contributed by atoms with Crippen LogP contribution in [0.5, 0.6) is 5.75 Å². The molecule has 1 aliphatic heterocycles. The van der Waals surface area contributed by atoms with E-state index in [1.807, 2.05) is 30.3 Å². The molecule has 1 aliphatic rings. The second-order valence-corrected chi connectivity index (χ2v) is 7.88. The molecule has 0 atom stereocenters. The Morgan fingerprint density at radius 3 is 2.61 bits per heavy atom. The van der Waals surface area contributed by atoms with Gasteiger partial charge in [-0.15, -0.1) is 0 Å². The van der Waals surface area contributed by atoms with Gasteiger partial charge in [0.25, 0.3) is 5.91 Å². The van der Waals surface area contributed by atoms with Crippen molar-refractivity contribution in [3.05, 3.63) is 82.0 Å². The van der Waals surface area contributed by atoms with Crippen molar-refractivity contribution < 1.29 is 18.4 Å². The van der Waals surface area contributed by atoms with Crippen molar-refractivity contribution in [2.75, 3.05) is 26.2 Å². The smallest absolute Gasteiger partial charge is 0.276 e. The van der Waals surface area contributed by atoms with E-state index in [-0.39, 0.29) is 18.3 Å². The molecule has 0 unspecified atom stereocenters. The first-order valence-electron chi connectivity index (χ1n) is 10.1. The second kappa shape index (κ2) is 9.49. The number of carbonyl (C=O) groups excluding carboxylic acids is 1. The predicted octanol–water partition coefficient (Wildman–Crippen LogP) is 4.31. The highest BCUT2D eigenvalue weighted by molar-refractivity contribution is 6.31. The number of ether oxygens (including phenoxy) is 1. The lowest BCUT2D eigenvalue weighted by Gasteiger charge is -2.34. The van der Waals surface area contributed by atoms with E-state index in [4.69, 9.17) is 20.9 Å². The summed E-state index contributed by atoms with van der Waals surface area (Å²) in [6.07, 6.45) is 0. The number of nitrogens with zero attached hydrogens (tertiary/aromatic N) is 3. The summed E-state index contributed by atoms with van der Waals surface area (Å²) in [5, 5.41) is 4.41. The highest BCUT2D eigenvalue weighted by Gasteiger charge is 2.28. The minimum Gasteiger partial charge on any atom is -0.489 e. The maximum Gasteiger partial charge on any atom is 0.276 e. The topological polar surface area (TPSA) is 58.8 Å².